The maximum absolute atomic E-state index is 12.8. The molecule has 4 heteroatoms. The van der Waals surface area contributed by atoms with Crippen LogP contribution in [0.25, 0.3) is 0 Å². The lowest BCUT2D eigenvalue weighted by molar-refractivity contribution is 0.363. The van der Waals surface area contributed by atoms with Gasteiger partial charge >= 0.3 is 0 Å². The first-order valence-corrected chi connectivity index (χ1v) is 5.29. The van der Waals surface area contributed by atoms with Crippen molar-refractivity contribution in [2.45, 2.75) is 19.0 Å². The number of nitrogens with two attached hydrogens (primary N) is 1. The van der Waals surface area contributed by atoms with Crippen molar-refractivity contribution in [3.8, 4) is 11.5 Å². The number of rotatable bonds is 4. The summed E-state index contributed by atoms with van der Waals surface area (Å²) >= 11 is 0. The zero-order valence-electron chi connectivity index (χ0n) is 9.55. The fourth-order valence-electron chi connectivity index (χ4n) is 2.36. The summed E-state index contributed by atoms with van der Waals surface area (Å²) in [5.41, 5.74) is 8.34. The van der Waals surface area contributed by atoms with E-state index < -0.39 is 6.67 Å². The molecule has 0 aromatic heterocycles. The van der Waals surface area contributed by atoms with E-state index in [1.807, 2.05) is 0 Å². The monoisotopic (exact) mass is 225 g/mol. The van der Waals surface area contributed by atoms with Gasteiger partial charge in [0, 0.05) is 22.6 Å². The first-order chi connectivity index (χ1) is 7.76. The van der Waals surface area contributed by atoms with E-state index >= 15 is 0 Å². The van der Waals surface area contributed by atoms with Crippen LogP contribution in [-0.2, 0) is 13.1 Å². The van der Waals surface area contributed by atoms with Gasteiger partial charge in [-0.25, -0.2) is 4.39 Å². The van der Waals surface area contributed by atoms with E-state index in [1.165, 1.54) is 0 Å². The van der Waals surface area contributed by atoms with E-state index in [0.29, 0.717) is 23.8 Å². The summed E-state index contributed by atoms with van der Waals surface area (Å²) in [6, 6.07) is 1.71. The van der Waals surface area contributed by atoms with E-state index in [-0.39, 0.29) is 0 Å². The Hall–Kier alpha value is -1.29. The zero-order valence-corrected chi connectivity index (χ0v) is 9.55. The van der Waals surface area contributed by atoms with Gasteiger partial charge in [0.15, 0.2) is 0 Å². The van der Waals surface area contributed by atoms with Gasteiger partial charge in [0.05, 0.1) is 14.2 Å². The molecule has 0 amide bonds. The second-order valence-electron chi connectivity index (χ2n) is 3.93. The molecule has 3 nitrogen and oxygen atoms in total. The molecule has 2 N–H and O–H groups in total. The highest BCUT2D eigenvalue weighted by molar-refractivity contribution is 5.60. The molecule has 0 fully saturated rings. The number of ether oxygens (including phenoxy) is 2. The van der Waals surface area contributed by atoms with Crippen LogP contribution in [0.3, 0.4) is 0 Å². The Labute approximate surface area is 94.3 Å². The first kappa shape index (κ1) is 11.2. The smallest absolute Gasteiger partial charge is 0.128 e. The molecule has 0 saturated heterocycles. The van der Waals surface area contributed by atoms with Crippen molar-refractivity contribution in [3.05, 3.63) is 22.8 Å². The fraction of sp³-hybridized carbons (Fsp3) is 0.500. The average Bonchev–Trinajstić information content (AvgIpc) is 2.29. The third-order valence-electron chi connectivity index (χ3n) is 3.17. The van der Waals surface area contributed by atoms with Crippen LogP contribution >= 0.6 is 0 Å². The lowest BCUT2D eigenvalue weighted by Crippen LogP contribution is -2.26. The van der Waals surface area contributed by atoms with Crippen molar-refractivity contribution in [2.75, 3.05) is 20.8 Å². The summed E-state index contributed by atoms with van der Waals surface area (Å²) in [5, 5.41) is 0. The molecule has 0 spiro atoms. The van der Waals surface area contributed by atoms with Gasteiger partial charge in [-0.3, -0.25) is 0 Å². The predicted molar refractivity (Wildman–Crippen MR) is 59.9 cm³/mol. The lowest BCUT2D eigenvalue weighted by atomic mass is 9.75. The van der Waals surface area contributed by atoms with Crippen molar-refractivity contribution in [1.82, 2.24) is 0 Å². The molecule has 1 unspecified atom stereocenters. The molecule has 2 rings (SSSR count). The Morgan fingerprint density at radius 2 is 2.19 bits per heavy atom. The van der Waals surface area contributed by atoms with Crippen LogP contribution in [-0.4, -0.2) is 20.8 Å². The molecule has 88 valence electrons. The number of alkyl halides is 1. The molecule has 0 aliphatic heterocycles. The zero-order chi connectivity index (χ0) is 11.7. The van der Waals surface area contributed by atoms with Gasteiger partial charge in [-0.05, 0) is 19.0 Å². The molecule has 0 radical (unpaired) electrons. The van der Waals surface area contributed by atoms with E-state index in [0.717, 1.165) is 23.3 Å². The number of methoxy groups -OCH3 is 2. The molecule has 1 aromatic carbocycles. The Morgan fingerprint density at radius 1 is 1.44 bits per heavy atom. The number of fused-ring (bicyclic) bond motifs is 1. The molecule has 1 atom stereocenters. The molecule has 0 bridgehead atoms. The molecule has 1 aliphatic rings. The van der Waals surface area contributed by atoms with Crippen molar-refractivity contribution in [1.29, 1.82) is 0 Å². The van der Waals surface area contributed by atoms with Gasteiger partial charge in [-0.1, -0.05) is 0 Å². The molecular formula is C12H16FNO2. The number of halogens is 1. The largest absolute Gasteiger partial charge is 0.496 e. The number of hydrogen-bond donors (Lipinski definition) is 1. The molecule has 1 aromatic rings. The van der Waals surface area contributed by atoms with E-state index in [9.17, 15) is 4.39 Å². The molecule has 16 heavy (non-hydrogen) atoms. The van der Waals surface area contributed by atoms with Gasteiger partial charge in [0.1, 0.15) is 18.2 Å². The number of benzene rings is 1. The molecular weight excluding hydrogens is 209 g/mol. The van der Waals surface area contributed by atoms with Crippen molar-refractivity contribution in [2.24, 2.45) is 5.73 Å². The Balaban J connectivity index is 2.54. The third kappa shape index (κ3) is 1.45. The lowest BCUT2D eigenvalue weighted by Gasteiger charge is -2.33. The Morgan fingerprint density at radius 3 is 2.69 bits per heavy atom. The van der Waals surface area contributed by atoms with Gasteiger partial charge in [-0.2, -0.15) is 0 Å². The van der Waals surface area contributed by atoms with Gasteiger partial charge < -0.3 is 15.2 Å². The minimum absolute atomic E-state index is 0.313. The van der Waals surface area contributed by atoms with Crippen LogP contribution in [0.2, 0.25) is 0 Å². The van der Waals surface area contributed by atoms with Crippen molar-refractivity contribution >= 4 is 0 Å². The predicted octanol–water partition coefficient (Wildman–Crippen LogP) is 1.77. The summed E-state index contributed by atoms with van der Waals surface area (Å²) in [6.45, 7) is 0.0432. The molecule has 0 heterocycles. The maximum Gasteiger partial charge on any atom is 0.128 e. The second-order valence-corrected chi connectivity index (χ2v) is 3.93. The second kappa shape index (κ2) is 4.29. The van der Waals surface area contributed by atoms with E-state index in [4.69, 9.17) is 15.2 Å². The summed E-state index contributed by atoms with van der Waals surface area (Å²) in [6.07, 6.45) is 0.846. The standard InChI is InChI=1S/C12H16FNO2/c1-15-10-4-7(5-13)12(16-2)9-3-8(6-14)11(9)10/h4,8H,3,5-6,14H2,1-2H3. The van der Waals surface area contributed by atoms with Gasteiger partial charge in [0.2, 0.25) is 0 Å². The van der Waals surface area contributed by atoms with E-state index in [2.05, 4.69) is 0 Å². The summed E-state index contributed by atoms with van der Waals surface area (Å²) in [5.74, 6) is 1.70. The van der Waals surface area contributed by atoms with Gasteiger partial charge in [0.25, 0.3) is 0 Å². The average molecular weight is 225 g/mol. The van der Waals surface area contributed by atoms with Crippen molar-refractivity contribution in [3.63, 3.8) is 0 Å². The van der Waals surface area contributed by atoms with Crippen molar-refractivity contribution < 1.29 is 13.9 Å². The van der Waals surface area contributed by atoms with E-state index in [1.54, 1.807) is 20.3 Å². The van der Waals surface area contributed by atoms with Gasteiger partial charge in [-0.15, -0.1) is 0 Å². The third-order valence-corrected chi connectivity index (χ3v) is 3.17. The van der Waals surface area contributed by atoms with Crippen LogP contribution < -0.4 is 15.2 Å². The van der Waals surface area contributed by atoms with Crippen LogP contribution in [0.5, 0.6) is 11.5 Å². The van der Waals surface area contributed by atoms with Crippen LogP contribution in [0, 0.1) is 0 Å². The van der Waals surface area contributed by atoms with Crippen LogP contribution in [0.1, 0.15) is 22.6 Å². The molecule has 1 aliphatic carbocycles. The highest BCUT2D eigenvalue weighted by Crippen LogP contribution is 2.47. The highest BCUT2D eigenvalue weighted by Gasteiger charge is 2.33. The molecule has 0 saturated carbocycles. The fourth-order valence-corrected chi connectivity index (χ4v) is 2.36. The van der Waals surface area contributed by atoms with Crippen LogP contribution in [0.15, 0.2) is 6.07 Å². The summed E-state index contributed by atoms with van der Waals surface area (Å²) in [7, 11) is 3.16. The minimum atomic E-state index is -0.542. The summed E-state index contributed by atoms with van der Waals surface area (Å²) in [4.78, 5) is 0. The SMILES string of the molecule is COc1cc(CF)c(OC)c2c1C(CN)C2. The minimum Gasteiger partial charge on any atom is -0.496 e. The van der Waals surface area contributed by atoms with Crippen LogP contribution in [0.4, 0.5) is 4.39 Å². The Bertz CT molecular complexity index is 406. The Kier molecular flexibility index (Phi) is 3.01. The number of hydrogen-bond acceptors (Lipinski definition) is 3. The quantitative estimate of drug-likeness (QED) is 0.849. The normalized spacial score (nSPS) is 17.6. The first-order valence-electron chi connectivity index (χ1n) is 5.29. The topological polar surface area (TPSA) is 44.5 Å². The maximum atomic E-state index is 12.8. The summed E-state index contributed by atoms with van der Waals surface area (Å²) < 4.78 is 23.4. The highest BCUT2D eigenvalue weighted by atomic mass is 19.1.